The number of nitrogens with zero attached hydrogens (tertiary/aromatic N) is 6. The molecule has 0 aliphatic carbocycles. The molecule has 0 N–H and O–H groups in total. The quantitative estimate of drug-likeness (QED) is 0.366. The molecular weight excluding hydrogens is 512 g/mol. The van der Waals surface area contributed by atoms with Crippen LogP contribution in [0.15, 0.2) is 47.2 Å². The lowest BCUT2D eigenvalue weighted by Gasteiger charge is -2.28. The van der Waals surface area contributed by atoms with Crippen molar-refractivity contribution in [1.29, 1.82) is 0 Å². The van der Waals surface area contributed by atoms with Gasteiger partial charge in [-0.05, 0) is 64.7 Å². The largest absolute Gasteiger partial charge is 0.271 e. The molecule has 3 heterocycles. The van der Waals surface area contributed by atoms with E-state index in [9.17, 15) is 4.79 Å². The van der Waals surface area contributed by atoms with Gasteiger partial charge in [0.15, 0.2) is 0 Å². The summed E-state index contributed by atoms with van der Waals surface area (Å²) in [4.78, 5) is 19.7. The maximum atomic E-state index is 13.7. The SMILES string of the molecule is Cc1nc2ccc(CN3C[C@@H](C)CN3C(=O)c3cc(Cl)ccc3-n3ncc(Br)n3)cc2s1. The van der Waals surface area contributed by atoms with Crippen LogP contribution in [-0.4, -0.2) is 49.0 Å². The summed E-state index contributed by atoms with van der Waals surface area (Å²) in [5.74, 6) is 0.239. The standard InChI is InChI=1S/C22H20BrClN6OS/c1-13-10-28(12-15-3-5-18-20(7-15)32-14(2)26-18)29(11-13)22(31)17-8-16(24)4-6-19(17)30-25-9-21(23)27-30/h3-9,13H,10-12H2,1-2H3/t13-/m1/s1. The van der Waals surface area contributed by atoms with Crippen LogP contribution in [0.3, 0.4) is 0 Å². The van der Waals surface area contributed by atoms with E-state index in [2.05, 4.69) is 61.2 Å². The molecule has 2 aromatic carbocycles. The van der Waals surface area contributed by atoms with E-state index in [0.717, 1.165) is 27.3 Å². The zero-order valence-electron chi connectivity index (χ0n) is 17.5. The number of benzene rings is 2. The highest BCUT2D eigenvalue weighted by Crippen LogP contribution is 2.28. The number of fused-ring (bicyclic) bond motifs is 1. The Labute approximate surface area is 202 Å². The molecule has 1 aliphatic rings. The highest BCUT2D eigenvalue weighted by molar-refractivity contribution is 9.10. The first-order valence-electron chi connectivity index (χ1n) is 10.2. The molecule has 7 nitrogen and oxygen atoms in total. The third kappa shape index (κ3) is 4.17. The molecule has 0 bridgehead atoms. The van der Waals surface area contributed by atoms with Crippen molar-refractivity contribution in [3.8, 4) is 5.69 Å². The summed E-state index contributed by atoms with van der Waals surface area (Å²) in [5.41, 5.74) is 3.22. The minimum Gasteiger partial charge on any atom is -0.271 e. The van der Waals surface area contributed by atoms with Gasteiger partial charge in [0.05, 0.1) is 32.7 Å². The number of halogens is 2. The number of carbonyl (C=O) groups is 1. The van der Waals surface area contributed by atoms with Gasteiger partial charge in [-0.25, -0.2) is 9.99 Å². The van der Waals surface area contributed by atoms with Gasteiger partial charge in [-0.15, -0.1) is 21.2 Å². The lowest BCUT2D eigenvalue weighted by molar-refractivity contribution is 0.0170. The molecule has 10 heteroatoms. The molecular formula is C22H20BrClN6OS. The highest BCUT2D eigenvalue weighted by atomic mass is 79.9. The summed E-state index contributed by atoms with van der Waals surface area (Å²) in [7, 11) is 0. The molecule has 32 heavy (non-hydrogen) atoms. The summed E-state index contributed by atoms with van der Waals surface area (Å²) >= 11 is 11.3. The maximum Gasteiger partial charge on any atom is 0.270 e. The van der Waals surface area contributed by atoms with Gasteiger partial charge < -0.3 is 0 Å². The second kappa shape index (κ2) is 8.55. The van der Waals surface area contributed by atoms with Crippen molar-refractivity contribution < 1.29 is 4.79 Å². The molecule has 1 fully saturated rings. The van der Waals surface area contributed by atoms with Crippen LogP contribution in [-0.2, 0) is 6.54 Å². The summed E-state index contributed by atoms with van der Waals surface area (Å²) in [6.07, 6.45) is 1.59. The summed E-state index contributed by atoms with van der Waals surface area (Å²) in [6.45, 7) is 6.25. The molecule has 164 valence electrons. The smallest absolute Gasteiger partial charge is 0.270 e. The zero-order chi connectivity index (χ0) is 22.4. The Morgan fingerprint density at radius 2 is 2.09 bits per heavy atom. The van der Waals surface area contributed by atoms with Crippen LogP contribution < -0.4 is 0 Å². The Kier molecular flexibility index (Phi) is 5.75. The fourth-order valence-corrected chi connectivity index (χ4v) is 5.34. The number of hydrogen-bond donors (Lipinski definition) is 0. The molecule has 2 aromatic heterocycles. The van der Waals surface area contributed by atoms with Crippen LogP contribution in [0.1, 0.15) is 27.9 Å². The molecule has 0 radical (unpaired) electrons. The number of rotatable bonds is 4. The van der Waals surface area contributed by atoms with Gasteiger partial charge in [0.2, 0.25) is 0 Å². The van der Waals surface area contributed by atoms with E-state index >= 15 is 0 Å². The zero-order valence-corrected chi connectivity index (χ0v) is 20.7. The number of amides is 1. The van der Waals surface area contributed by atoms with Crippen LogP contribution in [0.25, 0.3) is 15.9 Å². The highest BCUT2D eigenvalue weighted by Gasteiger charge is 2.33. The van der Waals surface area contributed by atoms with E-state index in [1.54, 1.807) is 35.7 Å². The number of thiazole rings is 1. The van der Waals surface area contributed by atoms with Crippen molar-refractivity contribution >= 4 is 55.0 Å². The Morgan fingerprint density at radius 3 is 2.88 bits per heavy atom. The minimum absolute atomic E-state index is 0.116. The summed E-state index contributed by atoms with van der Waals surface area (Å²) in [5, 5.41) is 14.0. The normalized spacial score (nSPS) is 16.9. The second-order valence-corrected chi connectivity index (χ2v) is 10.5. The average molecular weight is 532 g/mol. The van der Waals surface area contributed by atoms with Crippen LogP contribution in [0.5, 0.6) is 0 Å². The van der Waals surface area contributed by atoms with E-state index in [1.807, 2.05) is 11.9 Å². The summed E-state index contributed by atoms with van der Waals surface area (Å²) < 4.78 is 1.76. The van der Waals surface area contributed by atoms with E-state index in [1.165, 1.54) is 4.80 Å². The molecule has 1 atom stereocenters. The third-order valence-electron chi connectivity index (χ3n) is 5.38. The first-order valence-corrected chi connectivity index (χ1v) is 12.2. The van der Waals surface area contributed by atoms with E-state index < -0.39 is 0 Å². The maximum absolute atomic E-state index is 13.7. The lowest BCUT2D eigenvalue weighted by atomic mass is 10.1. The number of hydrogen-bond acceptors (Lipinski definition) is 6. The molecule has 4 aromatic rings. The van der Waals surface area contributed by atoms with Crippen molar-refractivity contribution in [2.45, 2.75) is 20.4 Å². The van der Waals surface area contributed by atoms with Crippen molar-refractivity contribution in [3.63, 3.8) is 0 Å². The molecule has 1 aliphatic heterocycles. The second-order valence-electron chi connectivity index (χ2n) is 7.99. The van der Waals surface area contributed by atoms with Gasteiger partial charge >= 0.3 is 0 Å². The Bertz CT molecular complexity index is 1320. The molecule has 5 rings (SSSR count). The Balaban J connectivity index is 1.46. The topological polar surface area (TPSA) is 67.2 Å². The van der Waals surface area contributed by atoms with Crippen molar-refractivity contribution in [3.05, 3.63) is 68.4 Å². The Hall–Kier alpha value is -2.33. The predicted octanol–water partition coefficient (Wildman–Crippen LogP) is 5.11. The first-order chi connectivity index (χ1) is 15.4. The number of aromatic nitrogens is 4. The monoisotopic (exact) mass is 530 g/mol. The predicted molar refractivity (Wildman–Crippen MR) is 129 cm³/mol. The lowest BCUT2D eigenvalue weighted by Crippen LogP contribution is -2.41. The number of carbonyl (C=O) groups excluding carboxylic acids is 1. The van der Waals surface area contributed by atoms with Crippen LogP contribution in [0.2, 0.25) is 5.02 Å². The Morgan fingerprint density at radius 1 is 1.25 bits per heavy atom. The average Bonchev–Trinajstić information content (AvgIpc) is 3.44. The van der Waals surface area contributed by atoms with Crippen molar-refractivity contribution in [1.82, 2.24) is 30.0 Å². The third-order valence-corrected chi connectivity index (χ3v) is 6.91. The van der Waals surface area contributed by atoms with E-state index in [0.29, 0.717) is 39.9 Å². The van der Waals surface area contributed by atoms with E-state index in [-0.39, 0.29) is 5.91 Å². The fourth-order valence-electron chi connectivity index (χ4n) is 4.03. The minimum atomic E-state index is -0.116. The van der Waals surface area contributed by atoms with Gasteiger partial charge in [0, 0.05) is 24.7 Å². The first kappa shape index (κ1) is 21.5. The van der Waals surface area contributed by atoms with Crippen LogP contribution >= 0.6 is 38.9 Å². The molecule has 0 unspecified atom stereocenters. The van der Waals surface area contributed by atoms with Gasteiger partial charge in [0.1, 0.15) is 4.60 Å². The van der Waals surface area contributed by atoms with Crippen LogP contribution in [0.4, 0.5) is 0 Å². The van der Waals surface area contributed by atoms with Gasteiger partial charge in [0.25, 0.3) is 5.91 Å². The van der Waals surface area contributed by atoms with Crippen LogP contribution in [0, 0.1) is 12.8 Å². The van der Waals surface area contributed by atoms with Crippen molar-refractivity contribution in [2.24, 2.45) is 5.92 Å². The fraction of sp³-hybridized carbons (Fsp3) is 0.273. The molecule has 0 saturated carbocycles. The molecule has 0 spiro atoms. The number of hydrazine groups is 1. The molecule has 1 saturated heterocycles. The van der Waals surface area contributed by atoms with Gasteiger partial charge in [-0.1, -0.05) is 24.6 Å². The van der Waals surface area contributed by atoms with Crippen molar-refractivity contribution in [2.75, 3.05) is 13.1 Å². The number of aryl methyl sites for hydroxylation is 1. The van der Waals surface area contributed by atoms with E-state index in [4.69, 9.17) is 11.6 Å². The molecule has 1 amide bonds. The van der Waals surface area contributed by atoms with Gasteiger partial charge in [-0.3, -0.25) is 9.80 Å². The summed E-state index contributed by atoms with van der Waals surface area (Å²) in [6, 6.07) is 11.5. The van der Waals surface area contributed by atoms with Gasteiger partial charge in [-0.2, -0.15) is 5.10 Å².